The van der Waals surface area contributed by atoms with Gasteiger partial charge in [-0.15, -0.1) is 0 Å². The van der Waals surface area contributed by atoms with Gasteiger partial charge >= 0.3 is 0 Å². The summed E-state index contributed by atoms with van der Waals surface area (Å²) in [6.07, 6.45) is 3.22. The highest BCUT2D eigenvalue weighted by Crippen LogP contribution is 2.42. The lowest BCUT2D eigenvalue weighted by Gasteiger charge is -2.31. The van der Waals surface area contributed by atoms with E-state index in [9.17, 15) is 14.4 Å². The molecule has 0 radical (unpaired) electrons. The van der Waals surface area contributed by atoms with Crippen molar-refractivity contribution < 1.29 is 14.4 Å². The van der Waals surface area contributed by atoms with Crippen LogP contribution in [0.3, 0.4) is 0 Å². The molecule has 2 heterocycles. The molecule has 1 atom stereocenters. The van der Waals surface area contributed by atoms with E-state index >= 15 is 0 Å². The van der Waals surface area contributed by atoms with Crippen molar-refractivity contribution in [3.63, 3.8) is 0 Å². The van der Waals surface area contributed by atoms with Crippen LogP contribution in [0.5, 0.6) is 0 Å². The fourth-order valence-corrected chi connectivity index (χ4v) is 4.26. The first kappa shape index (κ1) is 22.4. The molecule has 1 aromatic carbocycles. The van der Waals surface area contributed by atoms with Crippen LogP contribution in [0.4, 0.5) is 0 Å². The number of hydrogen-bond acceptors (Lipinski definition) is 4. The summed E-state index contributed by atoms with van der Waals surface area (Å²) in [7, 11) is 0. The summed E-state index contributed by atoms with van der Waals surface area (Å²) in [6, 6.07) is 11.1. The number of carbonyl (C=O) groups excluding carboxylic acids is 3. The standard InChI is InChI=1S/C25H29N3O3/c1-5-27(16-18(2)3)22(29)13-25(21-11-7-6-9-19(21)4)14-23(30)28(24(25)31)17-20-10-8-12-26-15-20/h6-12,15H,2,5,13-14,16-17H2,1,3-4H3/t25-/m0/s1. The molecule has 3 rings (SSSR count). The average Bonchev–Trinajstić information content (AvgIpc) is 2.97. The van der Waals surface area contributed by atoms with Crippen molar-refractivity contribution in [1.29, 1.82) is 0 Å². The van der Waals surface area contributed by atoms with Gasteiger partial charge in [-0.05, 0) is 43.5 Å². The van der Waals surface area contributed by atoms with E-state index in [1.54, 1.807) is 23.4 Å². The molecular weight excluding hydrogens is 390 g/mol. The van der Waals surface area contributed by atoms with Gasteiger partial charge in [-0.2, -0.15) is 0 Å². The Balaban J connectivity index is 2.00. The minimum Gasteiger partial charge on any atom is -0.339 e. The molecule has 0 saturated carbocycles. The van der Waals surface area contributed by atoms with E-state index in [1.165, 1.54) is 4.90 Å². The molecule has 1 aliphatic heterocycles. The van der Waals surface area contributed by atoms with Crippen LogP contribution >= 0.6 is 0 Å². The van der Waals surface area contributed by atoms with Gasteiger partial charge in [0.1, 0.15) is 0 Å². The first-order chi connectivity index (χ1) is 14.8. The number of rotatable bonds is 8. The number of imide groups is 1. The zero-order valence-electron chi connectivity index (χ0n) is 18.4. The van der Waals surface area contributed by atoms with Gasteiger partial charge < -0.3 is 4.90 Å². The molecule has 162 valence electrons. The van der Waals surface area contributed by atoms with Crippen molar-refractivity contribution in [1.82, 2.24) is 14.8 Å². The largest absolute Gasteiger partial charge is 0.339 e. The van der Waals surface area contributed by atoms with E-state index in [2.05, 4.69) is 11.6 Å². The smallest absolute Gasteiger partial charge is 0.241 e. The molecule has 0 spiro atoms. The second-order valence-electron chi connectivity index (χ2n) is 8.26. The summed E-state index contributed by atoms with van der Waals surface area (Å²) >= 11 is 0. The van der Waals surface area contributed by atoms with E-state index in [0.29, 0.717) is 13.1 Å². The van der Waals surface area contributed by atoms with Crippen LogP contribution < -0.4 is 0 Å². The predicted octanol–water partition coefficient (Wildman–Crippen LogP) is 3.40. The van der Waals surface area contributed by atoms with Crippen LogP contribution in [0.15, 0.2) is 60.9 Å². The molecule has 1 aliphatic rings. The lowest BCUT2D eigenvalue weighted by atomic mass is 9.74. The van der Waals surface area contributed by atoms with Gasteiger partial charge in [0.2, 0.25) is 17.7 Å². The molecule has 1 saturated heterocycles. The molecular formula is C25H29N3O3. The number of aromatic nitrogens is 1. The predicted molar refractivity (Wildman–Crippen MR) is 119 cm³/mol. The molecule has 2 aromatic rings. The first-order valence-corrected chi connectivity index (χ1v) is 10.5. The van der Waals surface area contributed by atoms with Gasteiger partial charge in [0.15, 0.2) is 0 Å². The minimum atomic E-state index is -1.20. The van der Waals surface area contributed by atoms with Crippen molar-refractivity contribution >= 4 is 17.7 Å². The Labute approximate surface area is 183 Å². The number of pyridine rings is 1. The van der Waals surface area contributed by atoms with E-state index < -0.39 is 5.41 Å². The van der Waals surface area contributed by atoms with E-state index in [-0.39, 0.29) is 37.1 Å². The van der Waals surface area contributed by atoms with E-state index in [0.717, 1.165) is 22.3 Å². The zero-order chi connectivity index (χ0) is 22.6. The van der Waals surface area contributed by atoms with Gasteiger partial charge in [-0.3, -0.25) is 24.3 Å². The molecule has 1 aromatic heterocycles. The van der Waals surface area contributed by atoms with Crippen LogP contribution in [-0.2, 0) is 26.3 Å². The highest BCUT2D eigenvalue weighted by atomic mass is 16.2. The summed E-state index contributed by atoms with van der Waals surface area (Å²) < 4.78 is 0. The molecule has 31 heavy (non-hydrogen) atoms. The number of aryl methyl sites for hydroxylation is 1. The zero-order valence-corrected chi connectivity index (χ0v) is 18.4. The second kappa shape index (κ2) is 9.25. The third kappa shape index (κ3) is 4.58. The average molecular weight is 420 g/mol. The van der Waals surface area contributed by atoms with E-state index in [1.807, 2.05) is 51.1 Å². The summed E-state index contributed by atoms with van der Waals surface area (Å²) in [5.74, 6) is -0.749. The second-order valence-corrected chi connectivity index (χ2v) is 8.26. The topological polar surface area (TPSA) is 70.6 Å². The third-order valence-corrected chi connectivity index (χ3v) is 5.78. The Morgan fingerprint density at radius 3 is 2.58 bits per heavy atom. The Bertz CT molecular complexity index is 1000. The van der Waals surface area contributed by atoms with Crippen LogP contribution in [0.2, 0.25) is 0 Å². The summed E-state index contributed by atoms with van der Waals surface area (Å²) in [5.41, 5.74) is 2.06. The number of likely N-dealkylation sites (N-methyl/N-ethyl adjacent to an activating group) is 1. The normalized spacial score (nSPS) is 18.4. The molecule has 0 aliphatic carbocycles. The first-order valence-electron chi connectivity index (χ1n) is 10.5. The van der Waals surface area contributed by atoms with Gasteiger partial charge in [0.25, 0.3) is 0 Å². The minimum absolute atomic E-state index is 0.0205. The molecule has 0 bridgehead atoms. The highest BCUT2D eigenvalue weighted by molar-refractivity contribution is 6.10. The van der Waals surface area contributed by atoms with E-state index in [4.69, 9.17) is 0 Å². The molecule has 1 fully saturated rings. The van der Waals surface area contributed by atoms with Crippen molar-refractivity contribution in [2.24, 2.45) is 0 Å². The van der Waals surface area contributed by atoms with Crippen molar-refractivity contribution in [2.45, 2.75) is 45.6 Å². The third-order valence-electron chi connectivity index (χ3n) is 5.78. The fourth-order valence-electron chi connectivity index (χ4n) is 4.26. The summed E-state index contributed by atoms with van der Waals surface area (Å²) in [4.78, 5) is 47.1. The lowest BCUT2D eigenvalue weighted by Crippen LogP contribution is -2.44. The van der Waals surface area contributed by atoms with Gasteiger partial charge in [-0.1, -0.05) is 42.5 Å². The Hall–Kier alpha value is -3.28. The number of nitrogens with zero attached hydrogens (tertiary/aromatic N) is 3. The highest BCUT2D eigenvalue weighted by Gasteiger charge is 2.54. The maximum absolute atomic E-state index is 13.8. The molecule has 0 unspecified atom stereocenters. The Kier molecular flexibility index (Phi) is 6.68. The molecule has 3 amide bonds. The van der Waals surface area contributed by atoms with Gasteiger partial charge in [0.05, 0.1) is 12.0 Å². The fraction of sp³-hybridized carbons (Fsp3) is 0.360. The van der Waals surface area contributed by atoms with Gasteiger partial charge in [0, 0.05) is 38.3 Å². The SMILES string of the molecule is C=C(C)CN(CC)C(=O)C[C@@]1(c2ccccc2C)CC(=O)N(Cc2cccnc2)C1=O. The van der Waals surface area contributed by atoms with Crippen molar-refractivity contribution in [3.8, 4) is 0 Å². The Morgan fingerprint density at radius 2 is 1.97 bits per heavy atom. The van der Waals surface area contributed by atoms with Crippen LogP contribution in [-0.4, -0.2) is 45.6 Å². The number of amides is 3. The quantitative estimate of drug-likeness (QED) is 0.486. The maximum Gasteiger partial charge on any atom is 0.241 e. The monoisotopic (exact) mass is 419 g/mol. The van der Waals surface area contributed by atoms with Crippen molar-refractivity contribution in [3.05, 3.63) is 77.6 Å². The molecule has 0 N–H and O–H groups in total. The van der Waals surface area contributed by atoms with Crippen LogP contribution in [0, 0.1) is 6.92 Å². The van der Waals surface area contributed by atoms with Crippen molar-refractivity contribution in [2.75, 3.05) is 13.1 Å². The Morgan fingerprint density at radius 1 is 1.23 bits per heavy atom. The van der Waals surface area contributed by atoms with Crippen LogP contribution in [0.25, 0.3) is 0 Å². The summed E-state index contributed by atoms with van der Waals surface area (Å²) in [5, 5.41) is 0. The molecule has 6 heteroatoms. The number of likely N-dealkylation sites (tertiary alicyclic amines) is 1. The van der Waals surface area contributed by atoms with Crippen LogP contribution in [0.1, 0.15) is 43.4 Å². The number of hydrogen-bond donors (Lipinski definition) is 0. The maximum atomic E-state index is 13.8. The lowest BCUT2D eigenvalue weighted by molar-refractivity contribution is -0.143. The summed E-state index contributed by atoms with van der Waals surface area (Å²) in [6.45, 7) is 10.7. The molecule has 6 nitrogen and oxygen atoms in total. The van der Waals surface area contributed by atoms with Gasteiger partial charge in [-0.25, -0.2) is 0 Å². The number of carbonyl (C=O) groups is 3. The number of benzene rings is 1.